The highest BCUT2D eigenvalue weighted by atomic mass is 19.1. The van der Waals surface area contributed by atoms with Gasteiger partial charge in [-0.2, -0.15) is 0 Å². The topological polar surface area (TPSA) is 50.8 Å². The van der Waals surface area contributed by atoms with E-state index in [2.05, 4.69) is 5.32 Å². The lowest BCUT2D eigenvalue weighted by atomic mass is 10.1. The quantitative estimate of drug-likeness (QED) is 0.914. The van der Waals surface area contributed by atoms with Crippen LogP contribution >= 0.6 is 0 Å². The third-order valence-corrected chi connectivity index (χ3v) is 3.87. The molecule has 134 valence electrons. The molecule has 5 nitrogen and oxygen atoms in total. The molecule has 1 fully saturated rings. The van der Waals surface area contributed by atoms with Crippen molar-refractivity contribution in [2.24, 2.45) is 0 Å². The van der Waals surface area contributed by atoms with Crippen LogP contribution in [0.3, 0.4) is 0 Å². The number of hydrogen-bond donors (Lipinski definition) is 1. The number of rotatable bonds is 4. The SMILES string of the molecule is CC(C)Oc1cc(F)c(COC(=O)N2[C@H](C)CNC[C@@H]2C)c(F)c1. The molecule has 1 N–H and O–H groups in total. The minimum absolute atomic E-state index is 0.0437. The summed E-state index contributed by atoms with van der Waals surface area (Å²) in [4.78, 5) is 13.8. The average Bonchev–Trinajstić information content (AvgIpc) is 2.45. The highest BCUT2D eigenvalue weighted by Gasteiger charge is 2.30. The van der Waals surface area contributed by atoms with Crippen LogP contribution in [0.15, 0.2) is 12.1 Å². The Labute approximate surface area is 140 Å². The van der Waals surface area contributed by atoms with Crippen molar-refractivity contribution in [2.75, 3.05) is 13.1 Å². The van der Waals surface area contributed by atoms with Gasteiger partial charge in [-0.05, 0) is 27.7 Å². The molecule has 24 heavy (non-hydrogen) atoms. The Bertz CT molecular complexity index is 562. The molecule has 0 spiro atoms. The van der Waals surface area contributed by atoms with Crippen LogP contribution in [-0.2, 0) is 11.3 Å². The molecule has 1 amide bonds. The summed E-state index contributed by atoms with van der Waals surface area (Å²) < 4.78 is 38.6. The van der Waals surface area contributed by atoms with Crippen LogP contribution < -0.4 is 10.1 Å². The minimum Gasteiger partial charge on any atom is -0.491 e. The van der Waals surface area contributed by atoms with Crippen molar-refractivity contribution in [1.82, 2.24) is 10.2 Å². The van der Waals surface area contributed by atoms with Crippen molar-refractivity contribution in [3.63, 3.8) is 0 Å². The molecule has 0 bridgehead atoms. The molecular weight excluding hydrogens is 318 g/mol. The zero-order valence-corrected chi connectivity index (χ0v) is 14.4. The fourth-order valence-corrected chi connectivity index (χ4v) is 2.76. The van der Waals surface area contributed by atoms with Gasteiger partial charge < -0.3 is 19.7 Å². The van der Waals surface area contributed by atoms with Crippen molar-refractivity contribution in [3.8, 4) is 5.75 Å². The van der Waals surface area contributed by atoms with Crippen molar-refractivity contribution in [2.45, 2.75) is 52.5 Å². The summed E-state index contributed by atoms with van der Waals surface area (Å²) in [6.45, 7) is 8.17. The Kier molecular flexibility index (Phi) is 5.99. The van der Waals surface area contributed by atoms with Gasteiger partial charge in [0, 0.05) is 37.3 Å². The van der Waals surface area contributed by atoms with Gasteiger partial charge in [0.1, 0.15) is 24.0 Å². The Morgan fingerprint density at radius 2 is 1.79 bits per heavy atom. The Morgan fingerprint density at radius 1 is 1.25 bits per heavy atom. The first kappa shape index (κ1) is 18.4. The molecule has 1 aromatic carbocycles. The Hall–Kier alpha value is -1.89. The van der Waals surface area contributed by atoms with Crippen LogP contribution in [0.5, 0.6) is 5.75 Å². The summed E-state index contributed by atoms with van der Waals surface area (Å²) in [6.07, 6.45) is -0.763. The molecule has 0 unspecified atom stereocenters. The molecule has 0 radical (unpaired) electrons. The molecule has 1 heterocycles. The van der Waals surface area contributed by atoms with Gasteiger partial charge in [0.25, 0.3) is 0 Å². The Balaban J connectivity index is 2.04. The van der Waals surface area contributed by atoms with Gasteiger partial charge in [-0.1, -0.05) is 0 Å². The number of halogens is 2. The zero-order chi connectivity index (χ0) is 17.9. The number of nitrogens with one attached hydrogen (secondary N) is 1. The molecule has 2 rings (SSSR count). The van der Waals surface area contributed by atoms with Gasteiger partial charge in [-0.25, -0.2) is 13.6 Å². The van der Waals surface area contributed by atoms with Crippen LogP contribution in [-0.4, -0.2) is 42.3 Å². The number of carbonyl (C=O) groups excluding carboxylic acids is 1. The van der Waals surface area contributed by atoms with Crippen molar-refractivity contribution < 1.29 is 23.0 Å². The summed E-state index contributed by atoms with van der Waals surface area (Å²) in [5.41, 5.74) is -0.283. The van der Waals surface area contributed by atoms with E-state index in [-0.39, 0.29) is 29.5 Å². The highest BCUT2D eigenvalue weighted by molar-refractivity contribution is 5.68. The van der Waals surface area contributed by atoms with Gasteiger partial charge in [-0.15, -0.1) is 0 Å². The lowest BCUT2D eigenvalue weighted by Crippen LogP contribution is -2.57. The molecule has 1 saturated heterocycles. The molecule has 0 saturated carbocycles. The van der Waals surface area contributed by atoms with E-state index in [0.717, 1.165) is 12.1 Å². The number of piperazine rings is 1. The standard InChI is InChI=1S/C17H24F2N2O3/c1-10(2)24-13-5-15(18)14(16(19)6-13)9-23-17(22)21-11(3)7-20-8-12(21)4/h5-6,10-12,20H,7-9H2,1-4H3/t11-,12+. The Morgan fingerprint density at radius 3 is 2.29 bits per heavy atom. The summed E-state index contributed by atoms with van der Waals surface area (Å²) in [6, 6.07) is 2.11. The summed E-state index contributed by atoms with van der Waals surface area (Å²) >= 11 is 0. The van der Waals surface area contributed by atoms with E-state index in [1.807, 2.05) is 13.8 Å². The van der Waals surface area contributed by atoms with Crippen LogP contribution in [0, 0.1) is 11.6 Å². The molecule has 1 aliphatic rings. The lowest BCUT2D eigenvalue weighted by Gasteiger charge is -2.38. The van der Waals surface area contributed by atoms with Crippen molar-refractivity contribution in [1.29, 1.82) is 0 Å². The first-order chi connectivity index (χ1) is 11.3. The molecule has 1 aliphatic heterocycles. The van der Waals surface area contributed by atoms with E-state index in [9.17, 15) is 13.6 Å². The van der Waals surface area contributed by atoms with Crippen LogP contribution in [0.1, 0.15) is 33.3 Å². The van der Waals surface area contributed by atoms with Gasteiger partial charge in [-0.3, -0.25) is 0 Å². The second kappa shape index (κ2) is 7.79. The summed E-state index contributed by atoms with van der Waals surface area (Å²) in [7, 11) is 0. The number of nitrogens with zero attached hydrogens (tertiary/aromatic N) is 1. The average molecular weight is 342 g/mol. The molecule has 1 aromatic rings. The third-order valence-electron chi connectivity index (χ3n) is 3.87. The first-order valence-corrected chi connectivity index (χ1v) is 8.10. The van der Waals surface area contributed by atoms with Gasteiger partial charge in [0.2, 0.25) is 0 Å². The smallest absolute Gasteiger partial charge is 0.410 e. The fraction of sp³-hybridized carbons (Fsp3) is 0.588. The maximum Gasteiger partial charge on any atom is 0.410 e. The van der Waals surface area contributed by atoms with E-state index in [1.165, 1.54) is 0 Å². The third kappa shape index (κ3) is 4.35. The maximum atomic E-state index is 14.1. The van der Waals surface area contributed by atoms with Crippen molar-refractivity contribution in [3.05, 3.63) is 29.3 Å². The predicted octanol–water partition coefficient (Wildman–Crippen LogP) is 3.07. The predicted molar refractivity (Wildman–Crippen MR) is 85.9 cm³/mol. The number of benzene rings is 1. The summed E-state index contributed by atoms with van der Waals surface area (Å²) in [5.74, 6) is -1.47. The number of amides is 1. The lowest BCUT2D eigenvalue weighted by molar-refractivity contribution is 0.0551. The van der Waals surface area contributed by atoms with Gasteiger partial charge in [0.05, 0.1) is 11.7 Å². The van der Waals surface area contributed by atoms with E-state index >= 15 is 0 Å². The minimum atomic E-state index is -0.792. The first-order valence-electron chi connectivity index (χ1n) is 8.10. The van der Waals surface area contributed by atoms with Crippen LogP contribution in [0.25, 0.3) is 0 Å². The van der Waals surface area contributed by atoms with E-state index in [0.29, 0.717) is 13.1 Å². The molecular formula is C17H24F2N2O3. The highest BCUT2D eigenvalue weighted by Crippen LogP contribution is 2.23. The second-order valence-corrected chi connectivity index (χ2v) is 6.35. The number of carbonyl (C=O) groups is 1. The van der Waals surface area contributed by atoms with E-state index in [1.54, 1.807) is 18.7 Å². The van der Waals surface area contributed by atoms with E-state index < -0.39 is 24.3 Å². The van der Waals surface area contributed by atoms with Crippen LogP contribution in [0.4, 0.5) is 13.6 Å². The molecule has 2 atom stereocenters. The molecule has 7 heteroatoms. The maximum absolute atomic E-state index is 14.1. The zero-order valence-electron chi connectivity index (χ0n) is 14.4. The second-order valence-electron chi connectivity index (χ2n) is 6.35. The normalized spacial score (nSPS) is 21.0. The number of ether oxygens (including phenoxy) is 2. The van der Waals surface area contributed by atoms with Crippen LogP contribution in [0.2, 0.25) is 0 Å². The van der Waals surface area contributed by atoms with E-state index in [4.69, 9.17) is 9.47 Å². The number of hydrogen-bond acceptors (Lipinski definition) is 4. The van der Waals surface area contributed by atoms with Gasteiger partial charge >= 0.3 is 6.09 Å². The molecule has 0 aliphatic carbocycles. The fourth-order valence-electron chi connectivity index (χ4n) is 2.76. The van der Waals surface area contributed by atoms with Crippen molar-refractivity contribution >= 4 is 6.09 Å². The monoisotopic (exact) mass is 342 g/mol. The van der Waals surface area contributed by atoms with Gasteiger partial charge in [0.15, 0.2) is 0 Å². The summed E-state index contributed by atoms with van der Waals surface area (Å²) in [5, 5.41) is 3.20. The largest absolute Gasteiger partial charge is 0.491 e. The molecule has 0 aromatic heterocycles.